The van der Waals surface area contributed by atoms with E-state index in [2.05, 4.69) is 38.2 Å². The van der Waals surface area contributed by atoms with Crippen LogP contribution < -0.4 is 0 Å². The first-order valence-electron chi connectivity index (χ1n) is 23.9. The van der Waals surface area contributed by atoms with Gasteiger partial charge in [0.25, 0.3) is 0 Å². The Morgan fingerprint density at radius 1 is 0.500 bits per heavy atom. The monoisotopic (exact) mass is 889 g/mol. The molecular formula is C47H84O15. The van der Waals surface area contributed by atoms with Gasteiger partial charge in [-0.1, -0.05) is 122 Å². The molecular weight excluding hydrogens is 805 g/mol. The molecule has 15 heteroatoms. The van der Waals surface area contributed by atoms with Crippen LogP contribution in [0.3, 0.4) is 0 Å². The van der Waals surface area contributed by atoms with Crippen LogP contribution in [0.2, 0.25) is 0 Å². The maximum absolute atomic E-state index is 12.9. The van der Waals surface area contributed by atoms with E-state index in [1.807, 2.05) is 0 Å². The molecule has 0 aromatic heterocycles. The van der Waals surface area contributed by atoms with E-state index in [0.717, 1.165) is 57.8 Å². The van der Waals surface area contributed by atoms with Crippen LogP contribution in [-0.2, 0) is 38.0 Å². The molecule has 0 amide bonds. The lowest BCUT2D eigenvalue weighted by Gasteiger charge is -2.42. The molecule has 2 saturated heterocycles. The summed E-state index contributed by atoms with van der Waals surface area (Å²) < 4.78 is 33.4. The van der Waals surface area contributed by atoms with Crippen LogP contribution >= 0.6 is 0 Å². The van der Waals surface area contributed by atoms with Gasteiger partial charge < -0.3 is 64.2 Å². The van der Waals surface area contributed by atoms with Gasteiger partial charge in [0.1, 0.15) is 55.4 Å². The van der Waals surface area contributed by atoms with E-state index in [9.17, 15) is 45.3 Å². The molecule has 362 valence electrons. The molecule has 2 heterocycles. The quantitative estimate of drug-likeness (QED) is 0.0231. The van der Waals surface area contributed by atoms with Crippen molar-refractivity contribution in [1.82, 2.24) is 0 Å². The molecule has 4 unspecified atom stereocenters. The van der Waals surface area contributed by atoms with Gasteiger partial charge in [-0.2, -0.15) is 0 Å². The van der Waals surface area contributed by atoms with Crippen molar-refractivity contribution in [3.63, 3.8) is 0 Å². The number of hydrogen-bond donors (Lipinski definition) is 7. The summed E-state index contributed by atoms with van der Waals surface area (Å²) in [6.07, 6.45) is 16.5. The first kappa shape index (κ1) is 56.1. The summed E-state index contributed by atoms with van der Waals surface area (Å²) >= 11 is 0. The van der Waals surface area contributed by atoms with Crippen molar-refractivity contribution in [1.29, 1.82) is 0 Å². The maximum atomic E-state index is 12.9. The van der Waals surface area contributed by atoms with Crippen LogP contribution in [-0.4, -0.2) is 142 Å². The average Bonchev–Trinajstić information content (AvgIpc) is 3.26. The number of carbonyl (C=O) groups excluding carboxylic acids is 2. The Hall–Kier alpha value is -2.02. The van der Waals surface area contributed by atoms with Gasteiger partial charge in [-0.15, -0.1) is 0 Å². The molecule has 2 rings (SSSR count). The van der Waals surface area contributed by atoms with Gasteiger partial charge in [0.05, 0.1) is 19.8 Å². The summed E-state index contributed by atoms with van der Waals surface area (Å²) in [6.45, 7) is 2.51. The van der Waals surface area contributed by atoms with E-state index in [-0.39, 0.29) is 19.4 Å². The third kappa shape index (κ3) is 23.8. The summed E-state index contributed by atoms with van der Waals surface area (Å²) in [5, 5.41) is 71.9. The lowest BCUT2D eigenvalue weighted by atomic mass is 9.98. The first-order valence-corrected chi connectivity index (χ1v) is 23.9. The number of allylic oxidation sites excluding steroid dienone is 4. The minimum Gasteiger partial charge on any atom is -0.462 e. The zero-order chi connectivity index (χ0) is 45.4. The Morgan fingerprint density at radius 3 is 1.50 bits per heavy atom. The molecule has 0 saturated carbocycles. The summed E-state index contributed by atoms with van der Waals surface area (Å²) in [5.41, 5.74) is 0. The van der Waals surface area contributed by atoms with Crippen molar-refractivity contribution >= 4 is 11.9 Å². The van der Waals surface area contributed by atoms with E-state index in [1.165, 1.54) is 70.6 Å². The number of unbranched alkanes of at least 4 members (excludes halogenated alkanes) is 18. The molecule has 11 atom stereocenters. The van der Waals surface area contributed by atoms with E-state index >= 15 is 0 Å². The fourth-order valence-electron chi connectivity index (χ4n) is 7.37. The fraction of sp³-hybridized carbons (Fsp3) is 0.872. The topological polar surface area (TPSA) is 231 Å². The van der Waals surface area contributed by atoms with Crippen molar-refractivity contribution in [3.05, 3.63) is 24.3 Å². The largest absolute Gasteiger partial charge is 0.462 e. The van der Waals surface area contributed by atoms with Crippen molar-refractivity contribution in [2.45, 2.75) is 235 Å². The molecule has 2 fully saturated rings. The second-order valence-electron chi connectivity index (χ2n) is 16.9. The van der Waals surface area contributed by atoms with Crippen molar-refractivity contribution in [2.75, 3.05) is 26.4 Å². The number of ether oxygens (including phenoxy) is 6. The summed E-state index contributed by atoms with van der Waals surface area (Å²) in [6, 6.07) is 0. The van der Waals surface area contributed by atoms with Crippen LogP contribution in [0.15, 0.2) is 24.3 Å². The Balaban J connectivity index is 1.85. The summed E-state index contributed by atoms with van der Waals surface area (Å²) in [4.78, 5) is 25.6. The molecule has 2 aliphatic rings. The molecule has 2 aliphatic heterocycles. The minimum atomic E-state index is -1.77. The van der Waals surface area contributed by atoms with Gasteiger partial charge in [-0.3, -0.25) is 9.59 Å². The highest BCUT2D eigenvalue weighted by Crippen LogP contribution is 2.26. The molecule has 62 heavy (non-hydrogen) atoms. The molecule has 7 N–H and O–H groups in total. The molecule has 0 aromatic carbocycles. The van der Waals surface area contributed by atoms with Crippen LogP contribution in [0, 0.1) is 0 Å². The summed E-state index contributed by atoms with van der Waals surface area (Å²) in [5.74, 6) is -0.961. The first-order chi connectivity index (χ1) is 30.0. The average molecular weight is 889 g/mol. The van der Waals surface area contributed by atoms with Crippen LogP contribution in [0.25, 0.3) is 0 Å². The van der Waals surface area contributed by atoms with Crippen LogP contribution in [0.4, 0.5) is 0 Å². The number of aliphatic hydroxyl groups is 7. The third-order valence-corrected chi connectivity index (χ3v) is 11.4. The fourth-order valence-corrected chi connectivity index (χ4v) is 7.37. The van der Waals surface area contributed by atoms with Crippen molar-refractivity contribution < 1.29 is 73.8 Å². The molecule has 0 spiro atoms. The maximum Gasteiger partial charge on any atom is 0.306 e. The van der Waals surface area contributed by atoms with Gasteiger partial charge in [0.15, 0.2) is 18.7 Å². The van der Waals surface area contributed by atoms with Gasteiger partial charge in [0, 0.05) is 12.8 Å². The number of carbonyl (C=O) groups is 2. The SMILES string of the molecule is CCCC/C=C/CCCCCCCC(=O)OC[C@H](CO[C@@H]1O[C@H](CO[C@@H]2O[C@H](CO)[C@H](O)C(O)C2O)[C@H](O)C(O)C1O)OC(=O)CCCC/C=C/CCCCCCCCCCC. The Labute approximate surface area is 371 Å². The lowest BCUT2D eigenvalue weighted by molar-refractivity contribution is -0.332. The molecule has 0 bridgehead atoms. The van der Waals surface area contributed by atoms with Gasteiger partial charge in [-0.05, 0) is 57.8 Å². The summed E-state index contributed by atoms with van der Waals surface area (Å²) in [7, 11) is 0. The second kappa shape index (κ2) is 35.3. The highest BCUT2D eigenvalue weighted by Gasteiger charge is 2.47. The van der Waals surface area contributed by atoms with Gasteiger partial charge >= 0.3 is 11.9 Å². The predicted octanol–water partition coefficient (Wildman–Crippen LogP) is 5.60. The predicted molar refractivity (Wildman–Crippen MR) is 234 cm³/mol. The smallest absolute Gasteiger partial charge is 0.306 e. The van der Waals surface area contributed by atoms with Crippen molar-refractivity contribution in [2.24, 2.45) is 0 Å². The second-order valence-corrected chi connectivity index (χ2v) is 16.9. The number of rotatable bonds is 36. The molecule has 15 nitrogen and oxygen atoms in total. The zero-order valence-electron chi connectivity index (χ0n) is 37.9. The number of aliphatic hydroxyl groups excluding tert-OH is 7. The highest BCUT2D eigenvalue weighted by molar-refractivity contribution is 5.70. The van der Waals surface area contributed by atoms with E-state index < -0.39 is 99.3 Å². The Bertz CT molecular complexity index is 1180. The molecule has 0 radical (unpaired) electrons. The zero-order valence-corrected chi connectivity index (χ0v) is 37.9. The standard InChI is InChI=1S/C47H84O15/c1-3-5-7-9-11-13-15-16-17-18-20-22-24-26-28-30-39(50)60-35(32-57-38(49)29-27-25-23-21-19-14-12-10-8-6-4-2)33-58-46-45(56)43(54)41(52)37(62-46)34-59-47-44(55)42(53)40(51)36(31-48)61-47/h10,12,20,22,35-37,40-48,51-56H,3-9,11,13-19,21,23-34H2,1-2H3/b12-10+,22-20+/t35-,36-,37-,40+,41+,42?,43?,44?,45?,46-,47-/m1/s1. The van der Waals surface area contributed by atoms with Gasteiger partial charge in [-0.25, -0.2) is 0 Å². The highest BCUT2D eigenvalue weighted by atomic mass is 16.7. The third-order valence-electron chi connectivity index (χ3n) is 11.4. The minimum absolute atomic E-state index is 0.135. The number of hydrogen-bond acceptors (Lipinski definition) is 15. The Kier molecular flexibility index (Phi) is 31.9. The lowest BCUT2D eigenvalue weighted by Crippen LogP contribution is -2.61. The normalized spacial score (nSPS) is 27.2. The molecule has 0 aliphatic carbocycles. The van der Waals surface area contributed by atoms with Crippen LogP contribution in [0.5, 0.6) is 0 Å². The van der Waals surface area contributed by atoms with Gasteiger partial charge in [0.2, 0.25) is 0 Å². The molecule has 0 aromatic rings. The van der Waals surface area contributed by atoms with E-state index in [0.29, 0.717) is 12.8 Å². The Morgan fingerprint density at radius 2 is 0.935 bits per heavy atom. The van der Waals surface area contributed by atoms with E-state index in [4.69, 9.17) is 28.4 Å². The number of esters is 2. The van der Waals surface area contributed by atoms with E-state index in [1.54, 1.807) is 0 Å². The van der Waals surface area contributed by atoms with Crippen molar-refractivity contribution in [3.8, 4) is 0 Å². The van der Waals surface area contributed by atoms with Crippen LogP contribution in [0.1, 0.15) is 168 Å².